The number of likely N-dealkylation sites (N-methyl/N-ethyl adjacent to an activating group) is 2. The standard InChI is InChI=1S/C14H22F2N4/c1-19-5-6-20(2)11(9-19)8-14(18-17)12-4-3-10(15)7-13(12)16/h3-4,7,11,14,18H,5-6,8-9,17H2,1-2H3. The molecule has 0 aromatic heterocycles. The van der Waals surface area contributed by atoms with Crippen LogP contribution >= 0.6 is 0 Å². The minimum Gasteiger partial charge on any atom is -0.304 e. The summed E-state index contributed by atoms with van der Waals surface area (Å²) >= 11 is 0. The van der Waals surface area contributed by atoms with Gasteiger partial charge < -0.3 is 9.80 Å². The zero-order valence-corrected chi connectivity index (χ0v) is 11.9. The summed E-state index contributed by atoms with van der Waals surface area (Å²) in [6.07, 6.45) is 0.680. The number of hydrogen-bond donors (Lipinski definition) is 2. The molecular weight excluding hydrogens is 262 g/mol. The van der Waals surface area contributed by atoms with Crippen LogP contribution in [0.3, 0.4) is 0 Å². The fourth-order valence-electron chi connectivity index (χ4n) is 2.70. The zero-order chi connectivity index (χ0) is 14.7. The van der Waals surface area contributed by atoms with Crippen LogP contribution in [0, 0.1) is 11.6 Å². The second-order valence-electron chi connectivity index (χ2n) is 5.52. The van der Waals surface area contributed by atoms with Crippen LogP contribution in [0.4, 0.5) is 8.78 Å². The average Bonchev–Trinajstić information content (AvgIpc) is 2.40. The second-order valence-corrected chi connectivity index (χ2v) is 5.52. The third-order valence-corrected chi connectivity index (χ3v) is 4.03. The molecule has 6 heteroatoms. The van der Waals surface area contributed by atoms with E-state index in [1.54, 1.807) is 0 Å². The second kappa shape index (κ2) is 6.58. The molecule has 0 amide bonds. The number of nitrogens with zero attached hydrogens (tertiary/aromatic N) is 2. The van der Waals surface area contributed by atoms with Gasteiger partial charge in [-0.05, 0) is 26.6 Å². The minimum absolute atomic E-state index is 0.291. The number of halogens is 2. The van der Waals surface area contributed by atoms with Crippen LogP contribution in [0.5, 0.6) is 0 Å². The molecule has 1 aliphatic heterocycles. The average molecular weight is 284 g/mol. The normalized spacial score (nSPS) is 22.9. The molecule has 0 spiro atoms. The molecule has 2 rings (SSSR count). The number of piperazine rings is 1. The summed E-state index contributed by atoms with van der Waals surface area (Å²) in [5.41, 5.74) is 3.07. The van der Waals surface area contributed by atoms with Gasteiger partial charge in [0.15, 0.2) is 0 Å². The highest BCUT2D eigenvalue weighted by Gasteiger charge is 2.26. The van der Waals surface area contributed by atoms with Crippen molar-refractivity contribution in [2.45, 2.75) is 18.5 Å². The third kappa shape index (κ3) is 3.52. The highest BCUT2D eigenvalue weighted by atomic mass is 19.1. The van der Waals surface area contributed by atoms with Crippen LogP contribution in [0.25, 0.3) is 0 Å². The first-order valence-corrected chi connectivity index (χ1v) is 6.81. The molecule has 1 fully saturated rings. The van der Waals surface area contributed by atoms with Gasteiger partial charge in [0.25, 0.3) is 0 Å². The van der Waals surface area contributed by atoms with E-state index in [0.717, 1.165) is 25.7 Å². The third-order valence-electron chi connectivity index (χ3n) is 4.03. The van der Waals surface area contributed by atoms with Crippen LogP contribution in [0.15, 0.2) is 18.2 Å². The highest BCUT2D eigenvalue weighted by Crippen LogP contribution is 2.24. The molecule has 20 heavy (non-hydrogen) atoms. The van der Waals surface area contributed by atoms with E-state index in [4.69, 9.17) is 5.84 Å². The maximum Gasteiger partial charge on any atom is 0.130 e. The Bertz CT molecular complexity index is 455. The van der Waals surface area contributed by atoms with E-state index >= 15 is 0 Å². The first kappa shape index (κ1) is 15.3. The van der Waals surface area contributed by atoms with Crippen molar-refractivity contribution in [2.75, 3.05) is 33.7 Å². The van der Waals surface area contributed by atoms with Gasteiger partial charge in [0, 0.05) is 37.3 Å². The molecule has 4 nitrogen and oxygen atoms in total. The Morgan fingerprint density at radius 3 is 2.75 bits per heavy atom. The van der Waals surface area contributed by atoms with Gasteiger partial charge in [-0.3, -0.25) is 11.3 Å². The van der Waals surface area contributed by atoms with E-state index in [1.807, 2.05) is 0 Å². The van der Waals surface area contributed by atoms with Crippen molar-refractivity contribution in [1.29, 1.82) is 0 Å². The molecule has 0 radical (unpaired) electrons. The van der Waals surface area contributed by atoms with Gasteiger partial charge in [0.1, 0.15) is 11.6 Å². The molecule has 1 aromatic carbocycles. The molecule has 1 saturated heterocycles. The van der Waals surface area contributed by atoms with Crippen molar-refractivity contribution >= 4 is 0 Å². The zero-order valence-electron chi connectivity index (χ0n) is 11.9. The molecular formula is C14H22F2N4. The van der Waals surface area contributed by atoms with E-state index in [9.17, 15) is 8.78 Å². The van der Waals surface area contributed by atoms with Gasteiger partial charge in [-0.2, -0.15) is 0 Å². The Labute approximate surface area is 118 Å². The predicted octanol–water partition coefficient (Wildman–Crippen LogP) is 1.11. The Balaban J connectivity index is 2.11. The molecule has 112 valence electrons. The van der Waals surface area contributed by atoms with Crippen molar-refractivity contribution < 1.29 is 8.78 Å². The van der Waals surface area contributed by atoms with E-state index < -0.39 is 11.6 Å². The summed E-state index contributed by atoms with van der Waals surface area (Å²) in [7, 11) is 4.13. The predicted molar refractivity (Wildman–Crippen MR) is 75.0 cm³/mol. The lowest BCUT2D eigenvalue weighted by molar-refractivity contribution is 0.101. The molecule has 0 aliphatic carbocycles. The molecule has 2 atom stereocenters. The van der Waals surface area contributed by atoms with Crippen LogP contribution in [-0.4, -0.2) is 49.6 Å². The molecule has 0 saturated carbocycles. The Morgan fingerprint density at radius 2 is 2.10 bits per heavy atom. The lowest BCUT2D eigenvalue weighted by atomic mass is 9.97. The van der Waals surface area contributed by atoms with Crippen LogP contribution in [0.1, 0.15) is 18.0 Å². The first-order valence-electron chi connectivity index (χ1n) is 6.81. The summed E-state index contributed by atoms with van der Waals surface area (Å²) in [6.45, 7) is 2.92. The van der Waals surface area contributed by atoms with Crippen LogP contribution in [-0.2, 0) is 0 Å². The summed E-state index contributed by atoms with van der Waals surface area (Å²) < 4.78 is 26.8. The fourth-order valence-corrected chi connectivity index (χ4v) is 2.70. The van der Waals surface area contributed by atoms with Crippen LogP contribution < -0.4 is 11.3 Å². The maximum absolute atomic E-state index is 13.9. The molecule has 1 heterocycles. The SMILES string of the molecule is CN1CCN(C)C(CC(NN)c2ccc(F)cc2F)C1. The van der Waals surface area contributed by atoms with Crippen molar-refractivity contribution in [3.05, 3.63) is 35.4 Å². The Kier molecular flexibility index (Phi) is 5.04. The highest BCUT2D eigenvalue weighted by molar-refractivity contribution is 5.22. The number of nitrogens with two attached hydrogens (primary N) is 1. The summed E-state index contributed by atoms with van der Waals surface area (Å²) in [6, 6.07) is 3.59. The molecule has 1 aromatic rings. The van der Waals surface area contributed by atoms with Gasteiger partial charge in [-0.25, -0.2) is 8.78 Å². The lowest BCUT2D eigenvalue weighted by Crippen LogP contribution is -2.51. The Hall–Kier alpha value is -1.08. The maximum atomic E-state index is 13.9. The summed E-state index contributed by atoms with van der Waals surface area (Å²) in [4.78, 5) is 4.50. The van der Waals surface area contributed by atoms with E-state index in [2.05, 4.69) is 29.3 Å². The van der Waals surface area contributed by atoms with Gasteiger partial charge in [-0.1, -0.05) is 6.07 Å². The molecule has 1 aliphatic rings. The van der Waals surface area contributed by atoms with Gasteiger partial charge in [0.2, 0.25) is 0 Å². The molecule has 2 unspecified atom stereocenters. The first-order chi connectivity index (χ1) is 9.51. The van der Waals surface area contributed by atoms with Gasteiger partial charge in [-0.15, -0.1) is 0 Å². The van der Waals surface area contributed by atoms with Crippen molar-refractivity contribution in [1.82, 2.24) is 15.2 Å². The van der Waals surface area contributed by atoms with E-state index in [0.29, 0.717) is 18.0 Å². The largest absolute Gasteiger partial charge is 0.304 e. The van der Waals surface area contributed by atoms with Crippen molar-refractivity contribution in [2.24, 2.45) is 5.84 Å². The van der Waals surface area contributed by atoms with Crippen molar-refractivity contribution in [3.8, 4) is 0 Å². The van der Waals surface area contributed by atoms with Crippen molar-refractivity contribution in [3.63, 3.8) is 0 Å². The van der Waals surface area contributed by atoms with Crippen LogP contribution in [0.2, 0.25) is 0 Å². The number of hydrazine groups is 1. The monoisotopic (exact) mass is 284 g/mol. The van der Waals surface area contributed by atoms with E-state index in [-0.39, 0.29) is 6.04 Å². The number of hydrogen-bond acceptors (Lipinski definition) is 4. The number of nitrogens with one attached hydrogen (secondary N) is 1. The molecule has 3 N–H and O–H groups in total. The van der Waals surface area contributed by atoms with Gasteiger partial charge >= 0.3 is 0 Å². The fraction of sp³-hybridized carbons (Fsp3) is 0.571. The van der Waals surface area contributed by atoms with Gasteiger partial charge in [0.05, 0.1) is 6.04 Å². The number of benzene rings is 1. The summed E-state index contributed by atoms with van der Waals surface area (Å²) in [5, 5.41) is 0. The Morgan fingerprint density at radius 1 is 1.35 bits per heavy atom. The number of rotatable bonds is 4. The quantitative estimate of drug-likeness (QED) is 0.642. The smallest absolute Gasteiger partial charge is 0.130 e. The molecule has 0 bridgehead atoms. The van der Waals surface area contributed by atoms with E-state index in [1.165, 1.54) is 12.1 Å². The lowest BCUT2D eigenvalue weighted by Gasteiger charge is -2.39. The topological polar surface area (TPSA) is 44.5 Å². The summed E-state index contributed by atoms with van der Waals surface area (Å²) in [5.74, 6) is 4.44. The minimum atomic E-state index is -0.573.